The van der Waals surface area contributed by atoms with Gasteiger partial charge in [-0.1, -0.05) is 15.9 Å². The van der Waals surface area contributed by atoms with Crippen LogP contribution in [0.3, 0.4) is 0 Å². The predicted molar refractivity (Wildman–Crippen MR) is 49.5 cm³/mol. The fraction of sp³-hybridized carbons (Fsp3) is 0.250. The Kier molecular flexibility index (Phi) is 3.22. The predicted octanol–water partition coefficient (Wildman–Crippen LogP) is 1.26. The van der Waals surface area contributed by atoms with Gasteiger partial charge in [-0.05, 0) is 18.6 Å². The standard InChI is InChI=1S/C8H9BrN2O/c9-6-3-4-11-7(5-6)1-2-8(10)12/h3-5H,1-2H2,(H2,10,12). The number of hydrogen-bond acceptors (Lipinski definition) is 2. The van der Waals surface area contributed by atoms with Crippen molar-refractivity contribution in [3.8, 4) is 0 Å². The molecule has 2 N–H and O–H groups in total. The smallest absolute Gasteiger partial charge is 0.217 e. The van der Waals surface area contributed by atoms with Gasteiger partial charge in [-0.25, -0.2) is 0 Å². The molecule has 12 heavy (non-hydrogen) atoms. The van der Waals surface area contributed by atoms with Crippen molar-refractivity contribution in [2.45, 2.75) is 12.8 Å². The molecule has 0 saturated carbocycles. The second-order valence-corrected chi connectivity index (χ2v) is 3.35. The van der Waals surface area contributed by atoms with E-state index < -0.39 is 0 Å². The Morgan fingerprint density at radius 1 is 1.67 bits per heavy atom. The van der Waals surface area contributed by atoms with Gasteiger partial charge in [0, 0.05) is 22.8 Å². The number of halogens is 1. The average molecular weight is 229 g/mol. The van der Waals surface area contributed by atoms with Crippen molar-refractivity contribution < 1.29 is 4.79 Å². The van der Waals surface area contributed by atoms with Crippen molar-refractivity contribution in [1.29, 1.82) is 0 Å². The van der Waals surface area contributed by atoms with Crippen molar-refractivity contribution in [3.05, 3.63) is 28.5 Å². The topological polar surface area (TPSA) is 56.0 Å². The van der Waals surface area contributed by atoms with E-state index >= 15 is 0 Å². The molecule has 0 fully saturated rings. The number of amides is 1. The summed E-state index contributed by atoms with van der Waals surface area (Å²) >= 11 is 3.31. The number of aryl methyl sites for hydroxylation is 1. The molecule has 0 radical (unpaired) electrons. The van der Waals surface area contributed by atoms with Gasteiger partial charge in [0.2, 0.25) is 5.91 Å². The monoisotopic (exact) mass is 228 g/mol. The minimum absolute atomic E-state index is 0.295. The second kappa shape index (κ2) is 4.21. The van der Waals surface area contributed by atoms with E-state index in [2.05, 4.69) is 20.9 Å². The molecule has 0 aliphatic rings. The lowest BCUT2D eigenvalue weighted by molar-refractivity contribution is -0.118. The van der Waals surface area contributed by atoms with Crippen molar-refractivity contribution >= 4 is 21.8 Å². The maximum absolute atomic E-state index is 10.4. The molecule has 1 rings (SSSR count). The van der Waals surface area contributed by atoms with Gasteiger partial charge in [0.05, 0.1) is 0 Å². The van der Waals surface area contributed by atoms with Gasteiger partial charge < -0.3 is 5.73 Å². The number of aromatic nitrogens is 1. The quantitative estimate of drug-likeness (QED) is 0.848. The Morgan fingerprint density at radius 3 is 3.00 bits per heavy atom. The third kappa shape index (κ3) is 3.00. The summed E-state index contributed by atoms with van der Waals surface area (Å²) in [5.74, 6) is -0.295. The van der Waals surface area contributed by atoms with Crippen molar-refractivity contribution in [1.82, 2.24) is 4.98 Å². The van der Waals surface area contributed by atoms with Crippen molar-refractivity contribution in [2.24, 2.45) is 5.73 Å². The molecule has 4 heteroatoms. The number of hydrogen-bond donors (Lipinski definition) is 1. The summed E-state index contributed by atoms with van der Waals surface area (Å²) in [6.45, 7) is 0. The van der Waals surface area contributed by atoms with E-state index in [1.165, 1.54) is 0 Å². The van der Waals surface area contributed by atoms with Crippen LogP contribution < -0.4 is 5.73 Å². The van der Waals surface area contributed by atoms with Crippen LogP contribution in [0.1, 0.15) is 12.1 Å². The molecule has 1 amide bonds. The van der Waals surface area contributed by atoms with Gasteiger partial charge in [-0.2, -0.15) is 0 Å². The van der Waals surface area contributed by atoms with Crippen LogP contribution in [0.4, 0.5) is 0 Å². The van der Waals surface area contributed by atoms with E-state index in [-0.39, 0.29) is 5.91 Å². The molecule has 64 valence electrons. The summed E-state index contributed by atoms with van der Waals surface area (Å²) in [4.78, 5) is 14.5. The van der Waals surface area contributed by atoms with Crippen LogP contribution in [-0.4, -0.2) is 10.9 Å². The molecule has 0 aromatic carbocycles. The van der Waals surface area contributed by atoms with E-state index in [0.29, 0.717) is 12.8 Å². The first-order valence-corrected chi connectivity index (χ1v) is 4.36. The molecule has 1 heterocycles. The lowest BCUT2D eigenvalue weighted by Gasteiger charge is -1.97. The molecule has 3 nitrogen and oxygen atoms in total. The fourth-order valence-electron chi connectivity index (χ4n) is 0.837. The molecule has 0 saturated heterocycles. The first-order valence-electron chi connectivity index (χ1n) is 3.57. The normalized spacial score (nSPS) is 9.75. The number of carbonyl (C=O) groups is 1. The molecule has 0 aliphatic carbocycles. The molecule has 0 aliphatic heterocycles. The van der Waals surface area contributed by atoms with Crippen LogP contribution in [0.2, 0.25) is 0 Å². The summed E-state index contributed by atoms with van der Waals surface area (Å²) in [6, 6.07) is 3.72. The van der Waals surface area contributed by atoms with Gasteiger partial charge in [0.15, 0.2) is 0 Å². The van der Waals surface area contributed by atoms with Crippen LogP contribution in [0.5, 0.6) is 0 Å². The van der Waals surface area contributed by atoms with Crippen LogP contribution in [0.25, 0.3) is 0 Å². The highest BCUT2D eigenvalue weighted by molar-refractivity contribution is 9.10. The van der Waals surface area contributed by atoms with E-state index in [1.807, 2.05) is 12.1 Å². The summed E-state index contributed by atoms with van der Waals surface area (Å²) in [7, 11) is 0. The number of nitrogens with two attached hydrogens (primary N) is 1. The second-order valence-electron chi connectivity index (χ2n) is 2.43. The molecule has 1 aromatic heterocycles. The summed E-state index contributed by atoms with van der Waals surface area (Å²) in [5.41, 5.74) is 5.88. The molecule has 1 aromatic rings. The molecular formula is C8H9BrN2O. The maximum Gasteiger partial charge on any atom is 0.217 e. The third-order valence-corrected chi connectivity index (χ3v) is 1.90. The van der Waals surface area contributed by atoms with E-state index in [1.54, 1.807) is 6.20 Å². The van der Waals surface area contributed by atoms with Crippen molar-refractivity contribution in [2.75, 3.05) is 0 Å². The van der Waals surface area contributed by atoms with E-state index in [4.69, 9.17) is 5.73 Å². The summed E-state index contributed by atoms with van der Waals surface area (Å²) in [5, 5.41) is 0. The van der Waals surface area contributed by atoms with Crippen LogP contribution in [0, 0.1) is 0 Å². The zero-order chi connectivity index (χ0) is 8.97. The SMILES string of the molecule is NC(=O)CCc1cc(Br)ccn1. The minimum Gasteiger partial charge on any atom is -0.370 e. The van der Waals surface area contributed by atoms with Crippen molar-refractivity contribution in [3.63, 3.8) is 0 Å². The Morgan fingerprint density at radius 2 is 2.42 bits per heavy atom. The molecule has 0 unspecified atom stereocenters. The highest BCUT2D eigenvalue weighted by atomic mass is 79.9. The molecular weight excluding hydrogens is 220 g/mol. The number of nitrogens with zero attached hydrogens (tertiary/aromatic N) is 1. The Balaban J connectivity index is 2.57. The van der Waals surface area contributed by atoms with Crippen LogP contribution in [-0.2, 0) is 11.2 Å². The maximum atomic E-state index is 10.4. The molecule has 0 spiro atoms. The van der Waals surface area contributed by atoms with Gasteiger partial charge in [0.1, 0.15) is 0 Å². The number of rotatable bonds is 3. The first-order chi connectivity index (χ1) is 5.68. The third-order valence-electron chi connectivity index (χ3n) is 1.41. The zero-order valence-corrected chi connectivity index (χ0v) is 8.04. The van der Waals surface area contributed by atoms with Gasteiger partial charge >= 0.3 is 0 Å². The van der Waals surface area contributed by atoms with E-state index in [0.717, 1.165) is 10.2 Å². The lowest BCUT2D eigenvalue weighted by Crippen LogP contribution is -2.11. The number of carbonyl (C=O) groups excluding carboxylic acids is 1. The van der Waals surface area contributed by atoms with Gasteiger partial charge in [0.25, 0.3) is 0 Å². The van der Waals surface area contributed by atoms with E-state index in [9.17, 15) is 4.79 Å². The van der Waals surface area contributed by atoms with Gasteiger partial charge in [-0.15, -0.1) is 0 Å². The fourth-order valence-corrected chi connectivity index (χ4v) is 1.22. The Bertz CT molecular complexity index is 288. The molecule has 0 atom stereocenters. The minimum atomic E-state index is -0.295. The number of pyridine rings is 1. The highest BCUT2D eigenvalue weighted by Crippen LogP contribution is 2.10. The molecule has 0 bridgehead atoms. The largest absolute Gasteiger partial charge is 0.370 e. The summed E-state index contributed by atoms with van der Waals surface area (Å²) < 4.78 is 0.969. The highest BCUT2D eigenvalue weighted by Gasteiger charge is 1.98. The lowest BCUT2D eigenvalue weighted by atomic mass is 10.2. The van der Waals surface area contributed by atoms with Crippen LogP contribution in [0.15, 0.2) is 22.8 Å². The average Bonchev–Trinajstić information content (AvgIpc) is 2.01. The number of primary amides is 1. The summed E-state index contributed by atoms with van der Waals surface area (Å²) in [6.07, 6.45) is 2.65. The van der Waals surface area contributed by atoms with Gasteiger partial charge in [-0.3, -0.25) is 9.78 Å². The van der Waals surface area contributed by atoms with Crippen LogP contribution >= 0.6 is 15.9 Å². The Hall–Kier alpha value is -0.900. The first kappa shape index (κ1) is 9.19. The Labute approximate surface area is 79.1 Å². The zero-order valence-electron chi connectivity index (χ0n) is 6.46.